The summed E-state index contributed by atoms with van der Waals surface area (Å²) >= 11 is 0. The Morgan fingerprint density at radius 1 is 1.29 bits per heavy atom. The Morgan fingerprint density at radius 3 is 2.90 bits per heavy atom. The molecule has 2 atom stereocenters. The lowest BCUT2D eigenvalue weighted by Crippen LogP contribution is -2.35. The standard InChI is InChI=1S/C13H19N7O/c14-11-17-12(16-10-4-2-1-3-9(10)7-21)19-13(18-11)20-6-5-15-8-20/h5-6,8-10,21H,1-4,7H2,(H3,14,16,17,18,19). The van der Waals surface area contributed by atoms with Gasteiger partial charge in [-0.1, -0.05) is 12.8 Å². The molecule has 21 heavy (non-hydrogen) atoms. The van der Waals surface area contributed by atoms with E-state index in [-0.39, 0.29) is 24.5 Å². The zero-order valence-electron chi connectivity index (χ0n) is 11.7. The van der Waals surface area contributed by atoms with Gasteiger partial charge in [-0.15, -0.1) is 0 Å². The Morgan fingerprint density at radius 2 is 2.14 bits per heavy atom. The number of nitrogens with one attached hydrogen (secondary N) is 1. The number of aliphatic hydroxyl groups is 1. The van der Waals surface area contributed by atoms with E-state index < -0.39 is 0 Å². The molecule has 2 aromatic rings. The highest BCUT2D eigenvalue weighted by Gasteiger charge is 2.25. The van der Waals surface area contributed by atoms with Gasteiger partial charge in [-0.2, -0.15) is 15.0 Å². The first-order valence-corrected chi connectivity index (χ1v) is 7.13. The number of imidazole rings is 1. The summed E-state index contributed by atoms with van der Waals surface area (Å²) < 4.78 is 1.67. The van der Waals surface area contributed by atoms with Gasteiger partial charge in [0.1, 0.15) is 6.33 Å². The number of aromatic nitrogens is 5. The molecule has 2 aromatic heterocycles. The third-order valence-corrected chi connectivity index (χ3v) is 3.83. The largest absolute Gasteiger partial charge is 0.396 e. The van der Waals surface area contributed by atoms with Crippen molar-refractivity contribution in [2.45, 2.75) is 31.7 Å². The molecule has 4 N–H and O–H groups in total. The van der Waals surface area contributed by atoms with Crippen LogP contribution in [0.15, 0.2) is 18.7 Å². The fourth-order valence-electron chi connectivity index (χ4n) is 2.72. The van der Waals surface area contributed by atoms with E-state index in [1.165, 1.54) is 0 Å². The highest BCUT2D eigenvalue weighted by Crippen LogP contribution is 2.26. The Labute approximate surface area is 122 Å². The molecule has 0 amide bonds. The fraction of sp³-hybridized carbons (Fsp3) is 0.538. The number of nitrogen functional groups attached to an aromatic ring is 1. The van der Waals surface area contributed by atoms with Crippen molar-refractivity contribution in [2.24, 2.45) is 5.92 Å². The lowest BCUT2D eigenvalue weighted by molar-refractivity contribution is 0.178. The minimum absolute atomic E-state index is 0.160. The van der Waals surface area contributed by atoms with Gasteiger partial charge in [0, 0.05) is 31.0 Å². The predicted molar refractivity (Wildman–Crippen MR) is 77.8 cm³/mol. The molecule has 0 radical (unpaired) electrons. The maximum absolute atomic E-state index is 9.47. The third-order valence-electron chi connectivity index (χ3n) is 3.83. The summed E-state index contributed by atoms with van der Waals surface area (Å²) in [6.45, 7) is 0.173. The number of rotatable bonds is 4. The molecule has 0 aliphatic heterocycles. The van der Waals surface area contributed by atoms with Gasteiger partial charge in [-0.05, 0) is 12.8 Å². The van der Waals surface area contributed by atoms with Crippen LogP contribution in [0, 0.1) is 5.92 Å². The van der Waals surface area contributed by atoms with Crippen LogP contribution < -0.4 is 11.1 Å². The number of nitrogens with two attached hydrogens (primary N) is 1. The van der Waals surface area contributed by atoms with E-state index in [0.29, 0.717) is 11.9 Å². The van der Waals surface area contributed by atoms with Crippen LogP contribution in [0.25, 0.3) is 5.95 Å². The molecule has 0 bridgehead atoms. The molecular weight excluding hydrogens is 270 g/mol. The average molecular weight is 289 g/mol. The maximum atomic E-state index is 9.47. The number of hydrogen-bond acceptors (Lipinski definition) is 7. The van der Waals surface area contributed by atoms with E-state index in [1.54, 1.807) is 23.3 Å². The van der Waals surface area contributed by atoms with Crippen LogP contribution in [0.1, 0.15) is 25.7 Å². The highest BCUT2D eigenvalue weighted by atomic mass is 16.3. The number of anilines is 2. The number of aliphatic hydroxyl groups excluding tert-OH is 1. The first-order valence-electron chi connectivity index (χ1n) is 7.13. The monoisotopic (exact) mass is 289 g/mol. The van der Waals surface area contributed by atoms with Crippen LogP contribution in [0.4, 0.5) is 11.9 Å². The number of nitrogens with zero attached hydrogens (tertiary/aromatic N) is 5. The van der Waals surface area contributed by atoms with E-state index in [2.05, 4.69) is 25.3 Å². The normalized spacial score (nSPS) is 22.1. The summed E-state index contributed by atoms with van der Waals surface area (Å²) in [5.41, 5.74) is 5.75. The molecule has 0 saturated heterocycles. The summed E-state index contributed by atoms with van der Waals surface area (Å²) in [6, 6.07) is 0.168. The first kappa shape index (κ1) is 13.7. The summed E-state index contributed by atoms with van der Waals surface area (Å²) in [5.74, 6) is 1.26. The van der Waals surface area contributed by atoms with Crippen molar-refractivity contribution in [2.75, 3.05) is 17.7 Å². The molecule has 112 valence electrons. The molecule has 1 saturated carbocycles. The van der Waals surface area contributed by atoms with Gasteiger partial charge in [-0.25, -0.2) is 4.98 Å². The average Bonchev–Trinajstić information content (AvgIpc) is 3.01. The summed E-state index contributed by atoms with van der Waals surface area (Å²) in [5, 5.41) is 12.8. The van der Waals surface area contributed by atoms with E-state index in [9.17, 15) is 5.11 Å². The highest BCUT2D eigenvalue weighted by molar-refractivity contribution is 5.36. The quantitative estimate of drug-likeness (QED) is 0.755. The molecule has 2 unspecified atom stereocenters. The lowest BCUT2D eigenvalue weighted by Gasteiger charge is -2.30. The van der Waals surface area contributed by atoms with Gasteiger partial charge in [0.25, 0.3) is 0 Å². The minimum atomic E-state index is 0.160. The van der Waals surface area contributed by atoms with Crippen LogP contribution in [0.5, 0.6) is 0 Å². The Kier molecular flexibility index (Phi) is 3.96. The van der Waals surface area contributed by atoms with E-state index in [0.717, 1.165) is 25.7 Å². The second kappa shape index (κ2) is 6.04. The topological polar surface area (TPSA) is 115 Å². The van der Waals surface area contributed by atoms with Crippen LogP contribution in [0.3, 0.4) is 0 Å². The molecule has 0 spiro atoms. The van der Waals surface area contributed by atoms with Crippen molar-refractivity contribution in [1.82, 2.24) is 24.5 Å². The molecular formula is C13H19N7O. The van der Waals surface area contributed by atoms with E-state index in [4.69, 9.17) is 5.73 Å². The van der Waals surface area contributed by atoms with Crippen LogP contribution in [-0.4, -0.2) is 42.3 Å². The molecule has 1 aliphatic rings. The fourth-order valence-corrected chi connectivity index (χ4v) is 2.72. The summed E-state index contributed by atoms with van der Waals surface area (Å²) in [6.07, 6.45) is 9.31. The van der Waals surface area contributed by atoms with Crippen molar-refractivity contribution in [3.63, 3.8) is 0 Å². The van der Waals surface area contributed by atoms with Gasteiger partial charge in [0.15, 0.2) is 0 Å². The van der Waals surface area contributed by atoms with Crippen LogP contribution in [0.2, 0.25) is 0 Å². The van der Waals surface area contributed by atoms with Gasteiger partial charge in [-0.3, -0.25) is 4.57 Å². The van der Waals surface area contributed by atoms with Gasteiger partial charge < -0.3 is 16.2 Å². The zero-order valence-corrected chi connectivity index (χ0v) is 11.7. The van der Waals surface area contributed by atoms with Crippen molar-refractivity contribution in [3.05, 3.63) is 18.7 Å². The minimum Gasteiger partial charge on any atom is -0.396 e. The van der Waals surface area contributed by atoms with Crippen molar-refractivity contribution < 1.29 is 5.11 Å². The van der Waals surface area contributed by atoms with Gasteiger partial charge in [0.2, 0.25) is 17.8 Å². The van der Waals surface area contributed by atoms with Crippen molar-refractivity contribution in [3.8, 4) is 5.95 Å². The predicted octanol–water partition coefficient (Wildman–Crippen LogP) is 0.602. The Hall–Kier alpha value is -2.22. The molecule has 8 heteroatoms. The molecule has 0 aromatic carbocycles. The van der Waals surface area contributed by atoms with Crippen molar-refractivity contribution in [1.29, 1.82) is 0 Å². The zero-order chi connectivity index (χ0) is 14.7. The van der Waals surface area contributed by atoms with Gasteiger partial charge >= 0.3 is 0 Å². The second-order valence-corrected chi connectivity index (χ2v) is 5.27. The van der Waals surface area contributed by atoms with E-state index >= 15 is 0 Å². The molecule has 2 heterocycles. The lowest BCUT2D eigenvalue weighted by atomic mass is 9.85. The second-order valence-electron chi connectivity index (χ2n) is 5.27. The van der Waals surface area contributed by atoms with E-state index in [1.807, 2.05) is 0 Å². The summed E-state index contributed by atoms with van der Waals surface area (Å²) in [7, 11) is 0. The van der Waals surface area contributed by atoms with Crippen molar-refractivity contribution >= 4 is 11.9 Å². The Balaban J connectivity index is 1.82. The number of hydrogen-bond donors (Lipinski definition) is 3. The molecule has 3 rings (SSSR count). The Bertz CT molecular complexity index is 586. The smallest absolute Gasteiger partial charge is 0.241 e. The van der Waals surface area contributed by atoms with Gasteiger partial charge in [0.05, 0.1) is 0 Å². The maximum Gasteiger partial charge on any atom is 0.241 e. The third kappa shape index (κ3) is 3.10. The van der Waals surface area contributed by atoms with Crippen LogP contribution in [-0.2, 0) is 0 Å². The first-order chi connectivity index (χ1) is 10.3. The molecule has 1 fully saturated rings. The summed E-state index contributed by atoms with van der Waals surface area (Å²) in [4.78, 5) is 16.6. The SMILES string of the molecule is Nc1nc(NC2CCCCC2CO)nc(-n2ccnc2)n1. The molecule has 1 aliphatic carbocycles. The van der Waals surface area contributed by atoms with Crippen LogP contribution >= 0.6 is 0 Å². The molecule has 8 nitrogen and oxygen atoms in total.